The molecule has 0 saturated heterocycles. The number of hydrogen-bond donors (Lipinski definition) is 2. The van der Waals surface area contributed by atoms with Crippen molar-refractivity contribution in [1.29, 1.82) is 0 Å². The van der Waals surface area contributed by atoms with Crippen molar-refractivity contribution in [2.24, 2.45) is 11.7 Å². The molecule has 2 rings (SSSR count). The predicted molar refractivity (Wildman–Crippen MR) is 73.6 cm³/mol. The first-order valence-electron chi connectivity index (χ1n) is 7.05. The Labute approximate surface area is 121 Å². The van der Waals surface area contributed by atoms with E-state index in [0.717, 1.165) is 5.56 Å². The van der Waals surface area contributed by atoms with Gasteiger partial charge in [0, 0.05) is 18.2 Å². The molecule has 0 bridgehead atoms. The monoisotopic (exact) mass is 300 g/mol. The van der Waals surface area contributed by atoms with Crippen molar-refractivity contribution in [3.63, 3.8) is 0 Å². The second-order valence-corrected chi connectivity index (χ2v) is 5.53. The molecule has 1 aromatic carbocycles. The zero-order valence-corrected chi connectivity index (χ0v) is 11.6. The van der Waals surface area contributed by atoms with E-state index in [1.54, 1.807) is 24.3 Å². The van der Waals surface area contributed by atoms with Gasteiger partial charge in [-0.25, -0.2) is 0 Å². The number of carbonyl (C=O) groups is 1. The Kier molecular flexibility index (Phi) is 4.88. The highest BCUT2D eigenvalue weighted by atomic mass is 19.4. The first kappa shape index (κ1) is 15.8. The summed E-state index contributed by atoms with van der Waals surface area (Å²) >= 11 is 0. The average Bonchev–Trinajstić information content (AvgIpc) is 2.45. The fourth-order valence-electron chi connectivity index (χ4n) is 2.67. The minimum absolute atomic E-state index is 0.124. The van der Waals surface area contributed by atoms with E-state index in [1.807, 2.05) is 0 Å². The molecule has 0 aromatic heterocycles. The summed E-state index contributed by atoms with van der Waals surface area (Å²) in [5, 5.41) is 3.28. The molecule has 3 nitrogen and oxygen atoms in total. The fraction of sp³-hybridized carbons (Fsp3) is 0.533. The van der Waals surface area contributed by atoms with Crippen molar-refractivity contribution in [3.05, 3.63) is 35.4 Å². The molecule has 0 heterocycles. The van der Waals surface area contributed by atoms with Crippen LogP contribution in [-0.2, 0) is 6.54 Å². The normalized spacial score (nSPS) is 23.0. The Hall–Kier alpha value is -1.56. The van der Waals surface area contributed by atoms with Gasteiger partial charge in [-0.1, -0.05) is 12.1 Å². The number of amides is 1. The Morgan fingerprint density at radius 1 is 1.14 bits per heavy atom. The van der Waals surface area contributed by atoms with E-state index in [4.69, 9.17) is 5.73 Å². The molecule has 1 aliphatic rings. The van der Waals surface area contributed by atoms with Crippen molar-refractivity contribution >= 4 is 5.91 Å². The number of alkyl halides is 3. The van der Waals surface area contributed by atoms with Crippen LogP contribution in [0.3, 0.4) is 0 Å². The number of nitrogens with one attached hydrogen (secondary N) is 1. The maximum absolute atomic E-state index is 12.6. The summed E-state index contributed by atoms with van der Waals surface area (Å²) < 4.78 is 37.7. The molecule has 21 heavy (non-hydrogen) atoms. The Bertz CT molecular complexity index is 477. The molecule has 3 N–H and O–H groups in total. The van der Waals surface area contributed by atoms with Crippen LogP contribution in [0.25, 0.3) is 0 Å². The van der Waals surface area contributed by atoms with E-state index in [-0.39, 0.29) is 18.9 Å². The van der Waals surface area contributed by atoms with Gasteiger partial charge in [-0.2, -0.15) is 13.2 Å². The van der Waals surface area contributed by atoms with Gasteiger partial charge in [0.05, 0.1) is 5.92 Å². The summed E-state index contributed by atoms with van der Waals surface area (Å²) in [4.78, 5) is 10.9. The van der Waals surface area contributed by atoms with Crippen molar-refractivity contribution in [3.8, 4) is 0 Å². The number of rotatable bonds is 4. The summed E-state index contributed by atoms with van der Waals surface area (Å²) in [5.41, 5.74) is 6.59. The molecule has 0 spiro atoms. The number of hydrogen-bond acceptors (Lipinski definition) is 2. The van der Waals surface area contributed by atoms with Crippen molar-refractivity contribution in [2.45, 2.75) is 44.4 Å². The largest absolute Gasteiger partial charge is 0.391 e. The van der Waals surface area contributed by atoms with E-state index >= 15 is 0 Å². The van der Waals surface area contributed by atoms with E-state index in [0.29, 0.717) is 24.9 Å². The molecule has 0 unspecified atom stereocenters. The summed E-state index contributed by atoms with van der Waals surface area (Å²) in [7, 11) is 0. The van der Waals surface area contributed by atoms with Crippen LogP contribution in [0.4, 0.5) is 13.2 Å². The molecule has 1 saturated carbocycles. The Balaban J connectivity index is 1.78. The zero-order valence-electron chi connectivity index (χ0n) is 11.6. The second-order valence-electron chi connectivity index (χ2n) is 5.53. The van der Waals surface area contributed by atoms with Gasteiger partial charge in [-0.3, -0.25) is 4.79 Å². The van der Waals surface area contributed by atoms with Gasteiger partial charge in [0.1, 0.15) is 0 Å². The maximum atomic E-state index is 12.6. The SMILES string of the molecule is NC(=O)c1ccc(CNC2CCC(C(F)(F)F)CC2)cc1. The Morgan fingerprint density at radius 3 is 2.19 bits per heavy atom. The van der Waals surface area contributed by atoms with Gasteiger partial charge in [-0.05, 0) is 43.4 Å². The van der Waals surface area contributed by atoms with Crippen molar-refractivity contribution in [1.82, 2.24) is 5.32 Å². The van der Waals surface area contributed by atoms with Crippen LogP contribution in [-0.4, -0.2) is 18.1 Å². The van der Waals surface area contributed by atoms with E-state index in [1.165, 1.54) is 0 Å². The van der Waals surface area contributed by atoms with Crippen LogP contribution in [0.2, 0.25) is 0 Å². The molecule has 1 fully saturated rings. The van der Waals surface area contributed by atoms with Crippen LogP contribution >= 0.6 is 0 Å². The number of primary amides is 1. The third-order valence-corrected chi connectivity index (χ3v) is 4.02. The van der Waals surface area contributed by atoms with Gasteiger partial charge < -0.3 is 11.1 Å². The molecular weight excluding hydrogens is 281 g/mol. The van der Waals surface area contributed by atoms with Gasteiger partial charge in [0.2, 0.25) is 5.91 Å². The predicted octanol–water partition coefficient (Wildman–Crippen LogP) is 3.00. The highest BCUT2D eigenvalue weighted by molar-refractivity contribution is 5.92. The summed E-state index contributed by atoms with van der Waals surface area (Å²) in [5.74, 6) is -1.62. The molecule has 6 heteroatoms. The lowest BCUT2D eigenvalue weighted by Gasteiger charge is -2.30. The smallest absolute Gasteiger partial charge is 0.366 e. The molecule has 1 aromatic rings. The summed E-state index contributed by atoms with van der Waals surface area (Å²) in [6.45, 7) is 0.584. The lowest BCUT2D eigenvalue weighted by Crippen LogP contribution is -2.36. The van der Waals surface area contributed by atoms with Gasteiger partial charge >= 0.3 is 6.18 Å². The topological polar surface area (TPSA) is 55.1 Å². The third kappa shape index (κ3) is 4.46. The molecule has 1 amide bonds. The quantitative estimate of drug-likeness (QED) is 0.898. The number of nitrogens with two attached hydrogens (primary N) is 1. The molecule has 116 valence electrons. The minimum atomic E-state index is -4.06. The van der Waals surface area contributed by atoms with Gasteiger partial charge in [-0.15, -0.1) is 0 Å². The van der Waals surface area contributed by atoms with Crippen LogP contribution in [0.5, 0.6) is 0 Å². The van der Waals surface area contributed by atoms with E-state index in [2.05, 4.69) is 5.32 Å². The molecule has 0 radical (unpaired) electrons. The van der Waals surface area contributed by atoms with Crippen LogP contribution < -0.4 is 11.1 Å². The Morgan fingerprint density at radius 2 is 1.71 bits per heavy atom. The van der Waals surface area contributed by atoms with Gasteiger partial charge in [0.25, 0.3) is 0 Å². The van der Waals surface area contributed by atoms with Crippen LogP contribution in [0.1, 0.15) is 41.6 Å². The highest BCUT2D eigenvalue weighted by Crippen LogP contribution is 2.37. The van der Waals surface area contributed by atoms with E-state index < -0.39 is 18.0 Å². The summed E-state index contributed by atoms with van der Waals surface area (Å²) in [6.07, 6.45) is -2.58. The fourth-order valence-corrected chi connectivity index (χ4v) is 2.67. The maximum Gasteiger partial charge on any atom is 0.391 e. The van der Waals surface area contributed by atoms with Crippen molar-refractivity contribution in [2.75, 3.05) is 0 Å². The lowest BCUT2D eigenvalue weighted by molar-refractivity contribution is -0.182. The first-order valence-corrected chi connectivity index (χ1v) is 7.05. The lowest BCUT2D eigenvalue weighted by atomic mass is 9.85. The molecule has 1 aliphatic carbocycles. The number of halogens is 3. The van der Waals surface area contributed by atoms with E-state index in [9.17, 15) is 18.0 Å². The van der Waals surface area contributed by atoms with Crippen molar-refractivity contribution < 1.29 is 18.0 Å². The highest BCUT2D eigenvalue weighted by Gasteiger charge is 2.41. The van der Waals surface area contributed by atoms with Gasteiger partial charge in [0.15, 0.2) is 0 Å². The third-order valence-electron chi connectivity index (χ3n) is 4.02. The van der Waals surface area contributed by atoms with Crippen LogP contribution in [0, 0.1) is 5.92 Å². The molecule has 0 atom stereocenters. The number of carbonyl (C=O) groups excluding carboxylic acids is 1. The number of benzene rings is 1. The van der Waals surface area contributed by atoms with Crippen LogP contribution in [0.15, 0.2) is 24.3 Å². The summed E-state index contributed by atoms with van der Waals surface area (Å²) in [6, 6.07) is 7.03. The first-order chi connectivity index (χ1) is 9.86. The second kappa shape index (κ2) is 6.47. The average molecular weight is 300 g/mol. The standard InChI is InChI=1S/C15H19F3N2O/c16-15(17,18)12-5-7-13(8-6-12)20-9-10-1-3-11(4-2-10)14(19)21/h1-4,12-13,20H,5-9H2,(H2,19,21). The zero-order chi connectivity index (χ0) is 15.5. The molecule has 0 aliphatic heterocycles. The minimum Gasteiger partial charge on any atom is -0.366 e. The molecular formula is C15H19F3N2O.